The van der Waals surface area contributed by atoms with Crippen LogP contribution in [0.5, 0.6) is 0 Å². The molecule has 0 radical (unpaired) electrons. The molecule has 1 aliphatic rings. The van der Waals surface area contributed by atoms with E-state index in [0.717, 1.165) is 30.2 Å². The highest BCUT2D eigenvalue weighted by molar-refractivity contribution is 5.87. The summed E-state index contributed by atoms with van der Waals surface area (Å²) in [7, 11) is 0. The largest absolute Gasteiger partial charge is 0.452 e. The van der Waals surface area contributed by atoms with Gasteiger partial charge >= 0.3 is 5.97 Å². The van der Waals surface area contributed by atoms with Gasteiger partial charge in [-0.25, -0.2) is 0 Å². The first kappa shape index (κ1) is 18.2. The van der Waals surface area contributed by atoms with Crippen molar-refractivity contribution < 1.29 is 18.8 Å². The molecule has 0 spiro atoms. The molecular formula is C22H22N2O4. The van der Waals surface area contributed by atoms with E-state index < -0.39 is 12.1 Å². The van der Waals surface area contributed by atoms with E-state index in [4.69, 9.17) is 9.26 Å². The molecule has 28 heavy (non-hydrogen) atoms. The van der Waals surface area contributed by atoms with Crippen molar-refractivity contribution in [2.75, 3.05) is 0 Å². The highest BCUT2D eigenvalue weighted by Crippen LogP contribution is 2.29. The van der Waals surface area contributed by atoms with Crippen molar-refractivity contribution in [1.82, 2.24) is 10.5 Å². The van der Waals surface area contributed by atoms with E-state index in [1.54, 1.807) is 13.0 Å². The number of hydrogen-bond donors (Lipinski definition) is 1. The fraction of sp³-hybridized carbons (Fsp3) is 0.318. The summed E-state index contributed by atoms with van der Waals surface area (Å²) in [5.74, 6) is -0.800. The van der Waals surface area contributed by atoms with Gasteiger partial charge in [0.25, 0.3) is 5.91 Å². The van der Waals surface area contributed by atoms with Crippen molar-refractivity contribution in [3.8, 4) is 0 Å². The zero-order valence-corrected chi connectivity index (χ0v) is 15.7. The molecule has 1 amide bonds. The van der Waals surface area contributed by atoms with Gasteiger partial charge in [0.2, 0.25) is 0 Å². The van der Waals surface area contributed by atoms with Crippen LogP contribution in [0.1, 0.15) is 42.6 Å². The predicted octanol–water partition coefficient (Wildman–Crippen LogP) is 3.50. The Balaban J connectivity index is 1.36. The Hall–Kier alpha value is -3.15. The molecule has 4 rings (SSSR count). The summed E-state index contributed by atoms with van der Waals surface area (Å²) in [4.78, 5) is 24.8. The lowest BCUT2D eigenvalue weighted by Crippen LogP contribution is -2.39. The summed E-state index contributed by atoms with van der Waals surface area (Å²) in [6.07, 6.45) is 2.02. The summed E-state index contributed by atoms with van der Waals surface area (Å²) in [5.41, 5.74) is 3.54. The van der Waals surface area contributed by atoms with Gasteiger partial charge in [0.15, 0.2) is 11.7 Å². The number of benzene rings is 2. The zero-order valence-electron chi connectivity index (χ0n) is 15.7. The van der Waals surface area contributed by atoms with Gasteiger partial charge in [0.1, 0.15) is 5.69 Å². The summed E-state index contributed by atoms with van der Waals surface area (Å²) in [6.45, 7) is 1.59. The van der Waals surface area contributed by atoms with Crippen LogP contribution in [0.4, 0.5) is 0 Å². The molecule has 1 aliphatic carbocycles. The lowest BCUT2D eigenvalue weighted by molar-refractivity contribution is -0.154. The normalized spacial score (nSPS) is 17.0. The number of nitrogens with zero attached hydrogens (tertiary/aromatic N) is 1. The van der Waals surface area contributed by atoms with E-state index >= 15 is 0 Å². The Bertz CT molecular complexity index is 1010. The summed E-state index contributed by atoms with van der Waals surface area (Å²) < 4.78 is 10.5. The maximum Gasteiger partial charge on any atom is 0.312 e. The molecule has 0 fully saturated rings. The number of amides is 1. The molecule has 0 aliphatic heterocycles. The molecule has 0 saturated heterocycles. The summed E-state index contributed by atoms with van der Waals surface area (Å²) in [6, 6.07) is 15.4. The molecule has 2 aromatic carbocycles. The van der Waals surface area contributed by atoms with E-state index in [0.29, 0.717) is 11.3 Å². The lowest BCUT2D eigenvalue weighted by Gasteiger charge is -2.27. The number of carbonyl (C=O) groups excluding carboxylic acids is 2. The maximum absolute atomic E-state index is 12.5. The molecule has 1 heterocycles. The Morgan fingerprint density at radius 1 is 1.21 bits per heavy atom. The van der Waals surface area contributed by atoms with Gasteiger partial charge in [0, 0.05) is 5.39 Å². The van der Waals surface area contributed by atoms with Crippen molar-refractivity contribution in [2.45, 2.75) is 44.8 Å². The second kappa shape index (κ2) is 7.84. The van der Waals surface area contributed by atoms with Crippen molar-refractivity contribution >= 4 is 22.8 Å². The first-order valence-electron chi connectivity index (χ1n) is 9.53. The second-order valence-electron chi connectivity index (χ2n) is 7.09. The number of aryl methyl sites for hydroxylation is 1. The van der Waals surface area contributed by atoms with Crippen LogP contribution in [-0.2, 0) is 27.2 Å². The molecule has 3 aromatic rings. The molecule has 6 heteroatoms. The van der Waals surface area contributed by atoms with E-state index in [9.17, 15) is 9.59 Å². The van der Waals surface area contributed by atoms with E-state index in [1.807, 2.05) is 36.4 Å². The number of carbonyl (C=O) groups is 2. The van der Waals surface area contributed by atoms with Crippen molar-refractivity contribution in [3.05, 3.63) is 65.4 Å². The molecule has 6 nitrogen and oxygen atoms in total. The second-order valence-corrected chi connectivity index (χ2v) is 7.09. The fourth-order valence-electron chi connectivity index (χ4n) is 3.69. The maximum atomic E-state index is 12.5. The van der Waals surface area contributed by atoms with Gasteiger partial charge in [-0.15, -0.1) is 0 Å². The minimum absolute atomic E-state index is 0.0408. The third-order valence-corrected chi connectivity index (χ3v) is 5.13. The Morgan fingerprint density at radius 3 is 2.89 bits per heavy atom. The molecule has 1 N–H and O–H groups in total. The van der Waals surface area contributed by atoms with Crippen molar-refractivity contribution in [1.29, 1.82) is 0 Å². The molecule has 1 aromatic heterocycles. The van der Waals surface area contributed by atoms with Crippen molar-refractivity contribution in [3.63, 3.8) is 0 Å². The van der Waals surface area contributed by atoms with Gasteiger partial charge in [-0.2, -0.15) is 0 Å². The number of ether oxygens (including phenoxy) is 1. The van der Waals surface area contributed by atoms with Crippen LogP contribution in [0.2, 0.25) is 0 Å². The third kappa shape index (κ3) is 3.76. The predicted molar refractivity (Wildman–Crippen MR) is 104 cm³/mol. The van der Waals surface area contributed by atoms with Gasteiger partial charge < -0.3 is 14.6 Å². The SMILES string of the molecule is C[C@@H](OC(=O)Cc1noc2ccccc12)C(=O)N[C@@H]1CCCc2ccccc21. The van der Waals surface area contributed by atoms with E-state index in [-0.39, 0.29) is 18.4 Å². The van der Waals surface area contributed by atoms with Gasteiger partial charge in [-0.3, -0.25) is 9.59 Å². The Morgan fingerprint density at radius 2 is 2.00 bits per heavy atom. The summed E-state index contributed by atoms with van der Waals surface area (Å²) in [5, 5.41) is 7.72. The van der Waals surface area contributed by atoms with Crippen molar-refractivity contribution in [2.24, 2.45) is 0 Å². The zero-order chi connectivity index (χ0) is 19.5. The highest BCUT2D eigenvalue weighted by atomic mass is 16.5. The highest BCUT2D eigenvalue weighted by Gasteiger charge is 2.25. The molecule has 2 atom stereocenters. The van der Waals surface area contributed by atoms with Crippen LogP contribution < -0.4 is 5.32 Å². The molecule has 0 saturated carbocycles. The van der Waals surface area contributed by atoms with E-state index in [1.165, 1.54) is 5.56 Å². The number of hydrogen-bond acceptors (Lipinski definition) is 5. The first-order chi connectivity index (χ1) is 13.6. The van der Waals surface area contributed by atoms with Gasteiger partial charge in [-0.1, -0.05) is 41.6 Å². The van der Waals surface area contributed by atoms with Crippen LogP contribution in [-0.4, -0.2) is 23.1 Å². The van der Waals surface area contributed by atoms with Crippen LogP contribution in [0.15, 0.2) is 53.1 Å². The fourth-order valence-corrected chi connectivity index (χ4v) is 3.69. The Labute approximate surface area is 162 Å². The number of esters is 1. The quantitative estimate of drug-likeness (QED) is 0.687. The standard InChI is InChI=1S/C22H22N2O4/c1-14(22(26)23-18-11-6-8-15-7-2-3-9-16(15)18)27-21(25)13-19-17-10-4-5-12-20(17)28-24-19/h2-5,7,9-10,12,14,18H,6,8,11,13H2,1H3,(H,23,26)/t14-,18-/m1/s1. The average molecular weight is 378 g/mol. The third-order valence-electron chi connectivity index (χ3n) is 5.13. The molecule has 144 valence electrons. The summed E-state index contributed by atoms with van der Waals surface area (Å²) >= 11 is 0. The monoisotopic (exact) mass is 378 g/mol. The Kier molecular flexibility index (Phi) is 5.10. The molecule has 0 bridgehead atoms. The van der Waals surface area contributed by atoms with Crippen LogP contribution >= 0.6 is 0 Å². The molecule has 0 unspecified atom stereocenters. The van der Waals surface area contributed by atoms with Crippen LogP contribution in [0.25, 0.3) is 11.0 Å². The molecular weight excluding hydrogens is 356 g/mol. The number of rotatable bonds is 5. The average Bonchev–Trinajstić information content (AvgIpc) is 3.11. The van der Waals surface area contributed by atoms with Crippen LogP contribution in [0, 0.1) is 0 Å². The smallest absolute Gasteiger partial charge is 0.312 e. The minimum Gasteiger partial charge on any atom is -0.452 e. The lowest BCUT2D eigenvalue weighted by atomic mass is 9.87. The first-order valence-corrected chi connectivity index (χ1v) is 9.53. The topological polar surface area (TPSA) is 81.4 Å². The number of aromatic nitrogens is 1. The van der Waals surface area contributed by atoms with Gasteiger partial charge in [-0.05, 0) is 49.4 Å². The number of para-hydroxylation sites is 1. The number of fused-ring (bicyclic) bond motifs is 2. The van der Waals surface area contributed by atoms with E-state index in [2.05, 4.69) is 16.5 Å². The minimum atomic E-state index is -0.875. The number of nitrogens with one attached hydrogen (secondary N) is 1. The van der Waals surface area contributed by atoms with Gasteiger partial charge in [0.05, 0.1) is 12.5 Å². The van der Waals surface area contributed by atoms with Crippen LogP contribution in [0.3, 0.4) is 0 Å².